The predicted molar refractivity (Wildman–Crippen MR) is 116 cm³/mol. The van der Waals surface area contributed by atoms with Gasteiger partial charge in [0.05, 0.1) is 41.7 Å². The summed E-state index contributed by atoms with van der Waals surface area (Å²) in [4.78, 5) is 11.3. The normalized spacial score (nSPS) is 26.4. The molecular weight excluding hydrogens is 390 g/mol. The fraction of sp³-hybridized carbons (Fsp3) is 0.375. The van der Waals surface area contributed by atoms with Gasteiger partial charge in [-0.05, 0) is 48.9 Å². The quantitative estimate of drug-likeness (QED) is 0.549. The van der Waals surface area contributed by atoms with Crippen LogP contribution in [0.5, 0.6) is 0 Å². The first kappa shape index (κ1) is 18.7. The van der Waals surface area contributed by atoms with Crippen LogP contribution in [0, 0.1) is 11.8 Å². The first-order valence-corrected chi connectivity index (χ1v) is 10.9. The molecular formula is C24H25N5O2. The van der Waals surface area contributed by atoms with E-state index in [0.717, 1.165) is 60.7 Å². The number of aliphatic hydroxyl groups is 1. The molecule has 158 valence electrons. The number of rotatable bonds is 4. The minimum Gasteiger partial charge on any atom is -0.391 e. The van der Waals surface area contributed by atoms with Crippen LogP contribution in [0.1, 0.15) is 24.6 Å². The molecule has 1 saturated heterocycles. The molecule has 2 aliphatic rings. The molecule has 0 radical (unpaired) electrons. The number of aliphatic hydroxyl groups excluding tert-OH is 1. The summed E-state index contributed by atoms with van der Waals surface area (Å²) < 4.78 is 7.77. The Hall–Kier alpha value is -3.03. The Morgan fingerprint density at radius 2 is 1.81 bits per heavy atom. The zero-order chi connectivity index (χ0) is 20.8. The Bertz CT molecular complexity index is 1190. The molecule has 31 heavy (non-hydrogen) atoms. The first-order chi connectivity index (χ1) is 15.2. The van der Waals surface area contributed by atoms with E-state index in [1.807, 2.05) is 48.8 Å². The molecule has 2 fully saturated rings. The second-order valence-electron chi connectivity index (χ2n) is 8.85. The molecule has 0 bridgehead atoms. The highest BCUT2D eigenvalue weighted by atomic mass is 16.5. The van der Waals surface area contributed by atoms with Gasteiger partial charge < -0.3 is 14.2 Å². The van der Waals surface area contributed by atoms with Gasteiger partial charge in [-0.1, -0.05) is 23.4 Å². The Morgan fingerprint density at radius 1 is 0.968 bits per heavy atom. The summed E-state index contributed by atoms with van der Waals surface area (Å²) in [6, 6.07) is 16.0. The smallest absolute Gasteiger partial charge is 0.151 e. The van der Waals surface area contributed by atoms with E-state index in [1.54, 1.807) is 6.20 Å². The fourth-order valence-corrected chi connectivity index (χ4v) is 5.42. The van der Waals surface area contributed by atoms with Gasteiger partial charge in [0.1, 0.15) is 5.69 Å². The van der Waals surface area contributed by atoms with Crippen LogP contribution in [0.3, 0.4) is 0 Å². The van der Waals surface area contributed by atoms with Gasteiger partial charge in [-0.15, -0.1) is 0 Å². The molecule has 0 spiro atoms. The van der Waals surface area contributed by atoms with Gasteiger partial charge in [0.2, 0.25) is 0 Å². The fourth-order valence-electron chi connectivity index (χ4n) is 5.42. The summed E-state index contributed by atoms with van der Waals surface area (Å²) in [7, 11) is 0. The highest BCUT2D eigenvalue weighted by molar-refractivity contribution is 5.75. The van der Waals surface area contributed by atoms with Gasteiger partial charge in [0.25, 0.3) is 0 Å². The van der Waals surface area contributed by atoms with Crippen molar-refractivity contribution in [2.75, 3.05) is 13.1 Å². The Balaban J connectivity index is 1.16. The zero-order valence-electron chi connectivity index (χ0n) is 17.2. The molecule has 4 aromatic rings. The standard InChI is InChI=1S/C24H25N5O2/c30-24-10-17-13-28(14-18-11-21(27-31-18)19-5-3-4-8-25-19)12-16(17)9-23(24)29-15-26-20-6-1-2-7-22(20)29/h1-8,11,15-17,23-24,30H,9-10,12-14H2/t16-,17+,23-,24-/m1/s1. The number of likely N-dealkylation sites (tertiary alicyclic amines) is 1. The average molecular weight is 415 g/mol. The SMILES string of the molecule is O[C@@H]1C[C@H]2CN(Cc3cc(-c4ccccn4)no3)C[C@H]2C[C@H]1n1cnc2ccccc21. The Labute approximate surface area is 180 Å². The van der Waals surface area contributed by atoms with E-state index in [2.05, 4.69) is 30.7 Å². The minimum absolute atomic E-state index is 0.0784. The van der Waals surface area contributed by atoms with E-state index in [-0.39, 0.29) is 12.1 Å². The van der Waals surface area contributed by atoms with Crippen molar-refractivity contribution in [3.05, 3.63) is 66.8 Å². The van der Waals surface area contributed by atoms with Crippen molar-refractivity contribution in [1.29, 1.82) is 0 Å². The molecule has 1 aliphatic heterocycles. The third-order valence-corrected chi connectivity index (χ3v) is 6.89. The zero-order valence-corrected chi connectivity index (χ0v) is 17.2. The van der Waals surface area contributed by atoms with Crippen LogP contribution in [0.15, 0.2) is 65.6 Å². The van der Waals surface area contributed by atoms with E-state index >= 15 is 0 Å². The molecule has 1 saturated carbocycles. The van der Waals surface area contributed by atoms with Crippen LogP contribution in [0.2, 0.25) is 0 Å². The first-order valence-electron chi connectivity index (χ1n) is 10.9. The predicted octanol–water partition coefficient (Wildman–Crippen LogP) is 3.53. The number of benzene rings is 1. The van der Waals surface area contributed by atoms with Crippen molar-refractivity contribution < 1.29 is 9.63 Å². The molecule has 6 rings (SSSR count). The van der Waals surface area contributed by atoms with Crippen molar-refractivity contribution in [2.24, 2.45) is 11.8 Å². The molecule has 7 heteroatoms. The maximum Gasteiger partial charge on any atom is 0.151 e. The van der Waals surface area contributed by atoms with Crippen molar-refractivity contribution in [3.63, 3.8) is 0 Å². The van der Waals surface area contributed by atoms with Crippen molar-refractivity contribution in [2.45, 2.75) is 31.5 Å². The minimum atomic E-state index is -0.347. The van der Waals surface area contributed by atoms with Gasteiger partial charge in [-0.3, -0.25) is 9.88 Å². The van der Waals surface area contributed by atoms with E-state index in [4.69, 9.17) is 4.52 Å². The summed E-state index contributed by atoms with van der Waals surface area (Å²) in [5.41, 5.74) is 3.68. The topological polar surface area (TPSA) is 80.2 Å². The van der Waals surface area contributed by atoms with Crippen LogP contribution in [0.4, 0.5) is 0 Å². The molecule has 3 aromatic heterocycles. The largest absolute Gasteiger partial charge is 0.391 e. The van der Waals surface area contributed by atoms with Crippen LogP contribution >= 0.6 is 0 Å². The third kappa shape index (κ3) is 3.43. The Morgan fingerprint density at radius 3 is 2.68 bits per heavy atom. The summed E-state index contributed by atoms with van der Waals surface area (Å²) in [6.45, 7) is 2.74. The second-order valence-corrected chi connectivity index (χ2v) is 8.85. The van der Waals surface area contributed by atoms with Crippen LogP contribution < -0.4 is 0 Å². The van der Waals surface area contributed by atoms with Gasteiger partial charge in [-0.2, -0.15) is 0 Å². The Kier molecular flexibility index (Phi) is 4.58. The number of pyridine rings is 1. The number of hydrogen-bond donors (Lipinski definition) is 1. The molecule has 7 nitrogen and oxygen atoms in total. The van der Waals surface area contributed by atoms with Gasteiger partial charge in [-0.25, -0.2) is 4.98 Å². The van der Waals surface area contributed by atoms with Gasteiger partial charge in [0.15, 0.2) is 5.76 Å². The molecule has 1 N–H and O–H groups in total. The van der Waals surface area contributed by atoms with E-state index < -0.39 is 0 Å². The number of nitrogens with zero attached hydrogens (tertiary/aromatic N) is 5. The number of fused-ring (bicyclic) bond motifs is 2. The lowest BCUT2D eigenvalue weighted by Gasteiger charge is -2.36. The van der Waals surface area contributed by atoms with Crippen LogP contribution in [-0.4, -0.2) is 48.9 Å². The maximum absolute atomic E-state index is 11.0. The lowest BCUT2D eigenvalue weighted by atomic mass is 9.77. The lowest BCUT2D eigenvalue weighted by molar-refractivity contribution is 0.0374. The van der Waals surface area contributed by atoms with Gasteiger partial charge in [0, 0.05) is 25.4 Å². The average Bonchev–Trinajstić information content (AvgIpc) is 3.52. The van der Waals surface area contributed by atoms with Crippen molar-refractivity contribution in [3.8, 4) is 11.4 Å². The number of hydrogen-bond acceptors (Lipinski definition) is 6. The highest BCUT2D eigenvalue weighted by Gasteiger charge is 2.42. The van der Waals surface area contributed by atoms with Crippen LogP contribution in [-0.2, 0) is 6.54 Å². The summed E-state index contributed by atoms with van der Waals surface area (Å²) in [6.07, 6.45) is 5.10. The number of para-hydroxylation sites is 2. The monoisotopic (exact) mass is 415 g/mol. The molecule has 1 aromatic carbocycles. The molecule has 1 aliphatic carbocycles. The van der Waals surface area contributed by atoms with Crippen molar-refractivity contribution in [1.82, 2.24) is 24.6 Å². The van der Waals surface area contributed by atoms with E-state index in [0.29, 0.717) is 11.8 Å². The highest BCUT2D eigenvalue weighted by Crippen LogP contribution is 2.42. The maximum atomic E-state index is 11.0. The van der Waals surface area contributed by atoms with E-state index in [9.17, 15) is 5.11 Å². The third-order valence-electron chi connectivity index (χ3n) is 6.89. The summed E-state index contributed by atoms with van der Waals surface area (Å²) in [5.74, 6) is 1.93. The van der Waals surface area contributed by atoms with Gasteiger partial charge >= 0.3 is 0 Å². The molecule has 4 atom stereocenters. The molecule has 0 amide bonds. The van der Waals surface area contributed by atoms with E-state index in [1.165, 1.54) is 0 Å². The number of imidazole rings is 1. The van der Waals surface area contributed by atoms with Crippen LogP contribution in [0.25, 0.3) is 22.4 Å². The number of aromatic nitrogens is 4. The van der Waals surface area contributed by atoms with Crippen molar-refractivity contribution >= 4 is 11.0 Å². The molecule has 0 unspecified atom stereocenters. The molecule has 4 heterocycles. The lowest BCUT2D eigenvalue weighted by Crippen LogP contribution is -2.36. The summed E-state index contributed by atoms with van der Waals surface area (Å²) >= 11 is 0. The second kappa shape index (κ2) is 7.59. The summed E-state index contributed by atoms with van der Waals surface area (Å²) in [5, 5.41) is 15.1.